The standard InChI is InChI=1S/C13H22N2O2S.C13H22N2S.2HI/c1-12(2,3)9-8-14-11(18(7,16)17)15-10(9)13(4,5)6;1-12(2,3)9-8-14-11(16-7)15-10(9)13(4,5)6;;/h8H,1-7H3;8H,1-7H3;2*1H. The molecule has 0 aromatic carbocycles. The Kier molecular flexibility index (Phi) is 14.1. The van der Waals surface area contributed by atoms with Crippen LogP contribution in [0.4, 0.5) is 0 Å². The number of nitrogens with zero attached hydrogens (tertiary/aromatic N) is 4. The molecule has 2 rings (SSSR count). The number of halogens is 2. The smallest absolute Gasteiger partial charge is 0.231 e. The van der Waals surface area contributed by atoms with E-state index in [9.17, 15) is 8.42 Å². The fourth-order valence-corrected chi connectivity index (χ4v) is 4.09. The van der Waals surface area contributed by atoms with Crippen molar-refractivity contribution in [3.8, 4) is 0 Å². The largest absolute Gasteiger partial charge is 0.247 e. The van der Waals surface area contributed by atoms with Crippen LogP contribution in [0.3, 0.4) is 0 Å². The molecule has 0 aliphatic rings. The molecule has 2 heterocycles. The van der Waals surface area contributed by atoms with Crippen LogP contribution in [0.1, 0.15) is 106 Å². The van der Waals surface area contributed by atoms with Gasteiger partial charge in [-0.05, 0) is 28.2 Å². The van der Waals surface area contributed by atoms with Crippen LogP contribution in [0.2, 0.25) is 0 Å². The van der Waals surface area contributed by atoms with E-state index in [2.05, 4.69) is 82.2 Å². The number of rotatable bonds is 2. The Labute approximate surface area is 258 Å². The average Bonchev–Trinajstić information content (AvgIpc) is 2.64. The van der Waals surface area contributed by atoms with Crippen molar-refractivity contribution in [1.82, 2.24) is 19.9 Å². The molecule has 208 valence electrons. The van der Waals surface area contributed by atoms with Crippen molar-refractivity contribution in [2.45, 2.75) is 115 Å². The molecule has 0 saturated heterocycles. The monoisotopic (exact) mass is 764 g/mol. The summed E-state index contributed by atoms with van der Waals surface area (Å²) in [7, 11) is -3.37. The average molecular weight is 765 g/mol. The molecule has 0 bridgehead atoms. The van der Waals surface area contributed by atoms with E-state index in [0.29, 0.717) is 0 Å². The van der Waals surface area contributed by atoms with Crippen LogP contribution in [-0.4, -0.2) is 40.9 Å². The van der Waals surface area contributed by atoms with Crippen LogP contribution in [0.25, 0.3) is 0 Å². The first kappa shape index (κ1) is 38.1. The second kappa shape index (κ2) is 13.3. The first-order chi connectivity index (χ1) is 15.0. The summed E-state index contributed by atoms with van der Waals surface area (Å²) in [6.45, 7) is 25.5. The van der Waals surface area contributed by atoms with Crippen LogP contribution in [0.15, 0.2) is 22.7 Å². The quantitative estimate of drug-likeness (QED) is 0.178. The van der Waals surface area contributed by atoms with Crippen LogP contribution >= 0.6 is 59.7 Å². The molecule has 0 spiro atoms. The molecule has 0 radical (unpaired) electrons. The van der Waals surface area contributed by atoms with Gasteiger partial charge in [0.1, 0.15) is 0 Å². The van der Waals surface area contributed by atoms with Gasteiger partial charge in [0.05, 0.1) is 11.4 Å². The molecule has 0 fully saturated rings. The summed E-state index contributed by atoms with van der Waals surface area (Å²) in [5, 5.41) is 0.762. The molecule has 0 unspecified atom stereocenters. The van der Waals surface area contributed by atoms with Gasteiger partial charge in [0.25, 0.3) is 0 Å². The number of hydrogen-bond acceptors (Lipinski definition) is 7. The van der Waals surface area contributed by atoms with E-state index < -0.39 is 9.84 Å². The van der Waals surface area contributed by atoms with E-state index in [1.165, 1.54) is 11.3 Å². The van der Waals surface area contributed by atoms with Crippen molar-refractivity contribution in [1.29, 1.82) is 0 Å². The van der Waals surface area contributed by atoms with Gasteiger partial charge in [-0.15, -0.1) is 48.0 Å². The van der Waals surface area contributed by atoms with Crippen molar-refractivity contribution in [3.63, 3.8) is 0 Å². The first-order valence-corrected chi connectivity index (χ1v) is 14.6. The molecule has 2 aromatic rings. The van der Waals surface area contributed by atoms with E-state index in [4.69, 9.17) is 0 Å². The fourth-order valence-electron chi connectivity index (χ4n) is 3.25. The third kappa shape index (κ3) is 11.0. The van der Waals surface area contributed by atoms with E-state index in [-0.39, 0.29) is 74.8 Å². The molecule has 10 heteroatoms. The highest BCUT2D eigenvalue weighted by molar-refractivity contribution is 14.0. The van der Waals surface area contributed by atoms with Gasteiger partial charge in [-0.1, -0.05) is 94.8 Å². The molecule has 0 aliphatic heterocycles. The van der Waals surface area contributed by atoms with Crippen LogP contribution in [0.5, 0.6) is 0 Å². The molecular weight excluding hydrogens is 718 g/mol. The van der Waals surface area contributed by atoms with Crippen LogP contribution in [-0.2, 0) is 31.5 Å². The SMILES string of the molecule is CC(C)(C)c1cnc(S(C)(=O)=O)nc1C(C)(C)C.CSc1ncc(C(C)(C)C)c(C(C)(C)C)n1.I.I. The molecule has 0 N–H and O–H groups in total. The molecule has 2 aromatic heterocycles. The van der Waals surface area contributed by atoms with Gasteiger partial charge < -0.3 is 0 Å². The molecule has 0 aliphatic carbocycles. The number of aromatic nitrogens is 4. The minimum Gasteiger partial charge on any atom is -0.231 e. The van der Waals surface area contributed by atoms with Crippen LogP contribution < -0.4 is 0 Å². The number of hydrogen-bond donors (Lipinski definition) is 0. The minimum absolute atomic E-state index is 0. The molecule has 0 amide bonds. The lowest BCUT2D eigenvalue weighted by atomic mass is 9.79. The van der Waals surface area contributed by atoms with E-state index in [1.54, 1.807) is 18.0 Å². The maximum atomic E-state index is 11.5. The number of thioether (sulfide) groups is 1. The second-order valence-electron chi connectivity index (χ2n) is 12.8. The van der Waals surface area contributed by atoms with E-state index in [1.807, 2.05) is 33.2 Å². The third-order valence-corrected chi connectivity index (χ3v) is 6.51. The first-order valence-electron chi connectivity index (χ1n) is 11.5. The highest BCUT2D eigenvalue weighted by atomic mass is 127. The number of sulfone groups is 1. The fraction of sp³-hybridized carbons (Fsp3) is 0.692. The predicted molar refractivity (Wildman–Crippen MR) is 175 cm³/mol. The maximum absolute atomic E-state index is 11.5. The Hall–Kier alpha value is -0.0800. The second-order valence-corrected chi connectivity index (χ2v) is 15.5. The van der Waals surface area contributed by atoms with Gasteiger partial charge in [-0.3, -0.25) is 0 Å². The van der Waals surface area contributed by atoms with Gasteiger partial charge in [0, 0.05) is 29.5 Å². The maximum Gasteiger partial charge on any atom is 0.247 e. The molecule has 6 nitrogen and oxygen atoms in total. The minimum atomic E-state index is -3.37. The van der Waals surface area contributed by atoms with Crippen molar-refractivity contribution >= 4 is 69.6 Å². The summed E-state index contributed by atoms with van der Waals surface area (Å²) < 4.78 is 23.1. The predicted octanol–water partition coefficient (Wildman–Crippen LogP) is 7.50. The van der Waals surface area contributed by atoms with Crippen molar-refractivity contribution < 1.29 is 8.42 Å². The lowest BCUT2D eigenvalue weighted by molar-refractivity contribution is 0.499. The van der Waals surface area contributed by atoms with E-state index in [0.717, 1.165) is 22.7 Å². The molecular formula is C26H46I2N4O2S2. The molecule has 36 heavy (non-hydrogen) atoms. The van der Waals surface area contributed by atoms with Crippen LogP contribution in [0, 0.1) is 0 Å². The Bertz CT molecular complexity index is 1110. The zero-order valence-corrected chi connectivity index (χ0v) is 30.7. The van der Waals surface area contributed by atoms with E-state index >= 15 is 0 Å². The van der Waals surface area contributed by atoms with Crippen molar-refractivity contribution in [2.75, 3.05) is 12.5 Å². The van der Waals surface area contributed by atoms with Crippen molar-refractivity contribution in [2.24, 2.45) is 0 Å². The lowest BCUT2D eigenvalue weighted by Gasteiger charge is -2.28. The van der Waals surface area contributed by atoms with Gasteiger partial charge in [0.2, 0.25) is 15.0 Å². The molecule has 0 atom stereocenters. The van der Waals surface area contributed by atoms with Crippen molar-refractivity contribution in [3.05, 3.63) is 34.9 Å². The Morgan fingerprint density at radius 3 is 1.31 bits per heavy atom. The summed E-state index contributed by atoms with van der Waals surface area (Å²) in [4.78, 5) is 17.3. The Morgan fingerprint density at radius 2 is 1.00 bits per heavy atom. The van der Waals surface area contributed by atoms with Gasteiger partial charge in [0.15, 0.2) is 5.16 Å². The zero-order valence-electron chi connectivity index (χ0n) is 24.4. The normalized spacial score (nSPS) is 12.6. The van der Waals surface area contributed by atoms with Gasteiger partial charge in [-0.25, -0.2) is 28.4 Å². The highest BCUT2D eigenvalue weighted by Crippen LogP contribution is 2.33. The summed E-state index contributed by atoms with van der Waals surface area (Å²) in [5.74, 6) is 0. The topological polar surface area (TPSA) is 85.7 Å². The summed E-state index contributed by atoms with van der Waals surface area (Å²) >= 11 is 1.60. The third-order valence-electron chi connectivity index (χ3n) is 5.08. The summed E-state index contributed by atoms with van der Waals surface area (Å²) in [6.07, 6.45) is 6.77. The Balaban J connectivity index is 0. The highest BCUT2D eigenvalue weighted by Gasteiger charge is 2.29. The lowest BCUT2D eigenvalue weighted by Crippen LogP contribution is -2.25. The molecule has 0 saturated carbocycles. The summed E-state index contributed by atoms with van der Waals surface area (Å²) in [6, 6.07) is 0. The zero-order chi connectivity index (χ0) is 26.9. The van der Waals surface area contributed by atoms with Gasteiger partial charge >= 0.3 is 0 Å². The Morgan fingerprint density at radius 1 is 0.639 bits per heavy atom. The van der Waals surface area contributed by atoms with Gasteiger partial charge in [-0.2, -0.15) is 0 Å². The summed E-state index contributed by atoms with van der Waals surface area (Å²) in [5.41, 5.74) is 4.03.